The Morgan fingerprint density at radius 1 is 0.986 bits per heavy atom. The summed E-state index contributed by atoms with van der Waals surface area (Å²) in [6.45, 7) is 13.3. The van der Waals surface area contributed by atoms with E-state index in [0.717, 1.165) is 85.8 Å². The minimum absolute atomic E-state index is 0.0487. The molecule has 8 rings (SSSR count). The van der Waals surface area contributed by atoms with Crippen molar-refractivity contribution in [1.82, 2.24) is 35.5 Å². The zero-order valence-corrected chi connectivity index (χ0v) is 40.6. The number of nitrogens with two attached hydrogens (primary N) is 1. The lowest BCUT2D eigenvalue weighted by Crippen LogP contribution is -2.57. The van der Waals surface area contributed by atoms with Crippen molar-refractivity contribution in [3.63, 3.8) is 0 Å². The molecule has 3 aromatic heterocycles. The number of para-hydroxylation sites is 1. The molecule has 5 aromatic rings. The Labute approximate surface area is 407 Å². The van der Waals surface area contributed by atoms with E-state index in [-0.39, 0.29) is 54.5 Å². The number of phenols is 1. The van der Waals surface area contributed by atoms with Crippen LogP contribution in [-0.2, 0) is 30.3 Å². The largest absolute Gasteiger partial charge is 0.507 e. The second-order valence-corrected chi connectivity index (χ2v) is 19.3. The van der Waals surface area contributed by atoms with Crippen LogP contribution in [0.2, 0.25) is 0 Å². The number of likely N-dealkylation sites (tertiary alicyclic amines) is 1. The van der Waals surface area contributed by atoms with Gasteiger partial charge in [0, 0.05) is 63.9 Å². The van der Waals surface area contributed by atoms with E-state index in [4.69, 9.17) is 29.2 Å². The topological polar surface area (TPSA) is 224 Å². The number of benzene rings is 2. The summed E-state index contributed by atoms with van der Waals surface area (Å²) < 4.78 is 29.4. The number of aryl methyl sites for hydroxylation is 1. The number of morpholine rings is 1. The Morgan fingerprint density at radius 3 is 2.51 bits per heavy atom. The van der Waals surface area contributed by atoms with E-state index in [0.29, 0.717) is 62.4 Å². The number of carbonyl (C=O) groups is 2. The van der Waals surface area contributed by atoms with Gasteiger partial charge in [-0.3, -0.25) is 14.5 Å². The van der Waals surface area contributed by atoms with Crippen molar-refractivity contribution >= 4 is 34.7 Å². The number of amides is 2. The summed E-state index contributed by atoms with van der Waals surface area (Å²) in [6, 6.07) is 17.8. The van der Waals surface area contributed by atoms with Gasteiger partial charge in [0.2, 0.25) is 11.8 Å². The van der Waals surface area contributed by atoms with E-state index < -0.39 is 18.1 Å². The zero-order chi connectivity index (χ0) is 48.3. The van der Waals surface area contributed by atoms with E-state index in [9.17, 15) is 19.8 Å². The number of nitrogen functional groups attached to an aromatic ring is 1. The number of rotatable bonds is 21. The molecule has 0 saturated carbocycles. The van der Waals surface area contributed by atoms with Gasteiger partial charge in [-0.25, -0.2) is 4.98 Å². The minimum atomic E-state index is -0.822. The number of phenolic OH excluding ortho intramolecular Hbond substituents is 1. The number of aliphatic hydroxyl groups is 1. The number of unbranched alkanes of at least 4 members (excludes halogenated alkanes) is 1. The maximum Gasteiger partial charge on any atom is 0.254 e. The van der Waals surface area contributed by atoms with Crippen LogP contribution in [-0.4, -0.2) is 149 Å². The Morgan fingerprint density at radius 2 is 1.75 bits per heavy atom. The van der Waals surface area contributed by atoms with Gasteiger partial charge in [-0.2, -0.15) is 0 Å². The number of hydrogen-bond acceptors (Lipinski definition) is 17. The van der Waals surface area contributed by atoms with Crippen LogP contribution in [0, 0.1) is 12.8 Å². The number of anilines is 2. The highest BCUT2D eigenvalue weighted by Crippen LogP contribution is 2.37. The molecule has 2 aromatic carbocycles. The number of carbonyl (C=O) groups excluding carboxylic acids is 2. The van der Waals surface area contributed by atoms with Crippen molar-refractivity contribution in [2.45, 2.75) is 83.1 Å². The Kier molecular flexibility index (Phi) is 16.8. The van der Waals surface area contributed by atoms with Crippen molar-refractivity contribution < 1.29 is 43.3 Å². The fraction of sp³-hybridized carbons (Fsp3) is 0.520. The van der Waals surface area contributed by atoms with Gasteiger partial charge >= 0.3 is 0 Å². The highest BCUT2D eigenvalue weighted by Gasteiger charge is 2.44. The fourth-order valence-corrected chi connectivity index (χ4v) is 10.3. The minimum Gasteiger partial charge on any atom is -0.507 e. The number of nitrogens with zero attached hydrogens (tertiary/aromatic N) is 7. The molecule has 69 heavy (non-hydrogen) atoms. The van der Waals surface area contributed by atoms with Crippen LogP contribution in [0.3, 0.4) is 0 Å². The van der Waals surface area contributed by atoms with Gasteiger partial charge in [0.15, 0.2) is 11.6 Å². The molecule has 0 bridgehead atoms. The Bertz CT molecular complexity index is 2460. The predicted octanol–water partition coefficient (Wildman–Crippen LogP) is 5.43. The summed E-state index contributed by atoms with van der Waals surface area (Å²) in [7, 11) is 0. The van der Waals surface area contributed by atoms with Gasteiger partial charge in [-0.05, 0) is 79.6 Å². The van der Waals surface area contributed by atoms with Crippen LogP contribution in [0.25, 0.3) is 21.7 Å². The Hall–Kier alpha value is -5.70. The number of hydrogen-bond donors (Lipinski definition) is 4. The predicted molar refractivity (Wildman–Crippen MR) is 261 cm³/mol. The van der Waals surface area contributed by atoms with Crippen molar-refractivity contribution in [1.29, 1.82) is 0 Å². The van der Waals surface area contributed by atoms with E-state index >= 15 is 0 Å². The first-order valence-electron chi connectivity index (χ1n) is 24.0. The second kappa shape index (κ2) is 23.3. The number of piperidine rings is 1. The SMILES string of the molecule is Cc1ncsc1-c1ccc(CNC(=O)C2C[C@@H](O)CN2C(=O)[C@H](c2cc(OCCOCCOCCCCN3CCOC4(CCN(c5cc(-c6ccccc6O)nnc5N)CC4)C3)no2)C(C)C)cc1. The smallest absolute Gasteiger partial charge is 0.254 e. The molecule has 18 nitrogen and oxygen atoms in total. The van der Waals surface area contributed by atoms with Crippen LogP contribution in [0.4, 0.5) is 11.5 Å². The molecule has 3 aliphatic heterocycles. The number of ether oxygens (including phenoxy) is 4. The fourth-order valence-electron chi connectivity index (χ4n) is 9.47. The number of thiazole rings is 1. The third-order valence-electron chi connectivity index (χ3n) is 13.2. The van der Waals surface area contributed by atoms with Gasteiger partial charge in [0.1, 0.15) is 24.3 Å². The quantitative estimate of drug-likeness (QED) is 0.0673. The van der Waals surface area contributed by atoms with E-state index in [1.807, 2.05) is 68.7 Å². The van der Waals surface area contributed by atoms with Crippen LogP contribution in [0.15, 0.2) is 70.7 Å². The number of nitrogens with one attached hydrogen (secondary N) is 1. The molecular formula is C50H65N9O9S. The number of aromatic nitrogens is 4. The molecule has 0 radical (unpaired) electrons. The monoisotopic (exact) mass is 967 g/mol. The first-order valence-corrected chi connectivity index (χ1v) is 24.9. The molecule has 2 amide bonds. The first-order chi connectivity index (χ1) is 33.5. The van der Waals surface area contributed by atoms with Crippen molar-refractivity contribution in [3.8, 4) is 33.3 Å². The van der Waals surface area contributed by atoms with Gasteiger partial charge < -0.3 is 54.5 Å². The molecule has 370 valence electrons. The van der Waals surface area contributed by atoms with Crippen molar-refractivity contribution in [3.05, 3.63) is 83.2 Å². The molecule has 3 saturated heterocycles. The summed E-state index contributed by atoms with van der Waals surface area (Å²) in [5.74, 6) is -0.448. The summed E-state index contributed by atoms with van der Waals surface area (Å²) in [4.78, 5) is 39.1. The molecule has 1 unspecified atom stereocenters. The van der Waals surface area contributed by atoms with Gasteiger partial charge in [0.05, 0.1) is 65.6 Å². The van der Waals surface area contributed by atoms with Gasteiger partial charge in [-0.15, -0.1) is 21.5 Å². The molecule has 3 aliphatic rings. The van der Waals surface area contributed by atoms with Gasteiger partial charge in [-0.1, -0.05) is 50.2 Å². The van der Waals surface area contributed by atoms with Gasteiger partial charge in [0.25, 0.3) is 5.88 Å². The summed E-state index contributed by atoms with van der Waals surface area (Å²) in [6.07, 6.45) is 3.05. The maximum atomic E-state index is 14.0. The zero-order valence-electron chi connectivity index (χ0n) is 39.8. The molecule has 19 heteroatoms. The molecule has 0 aliphatic carbocycles. The van der Waals surface area contributed by atoms with Crippen LogP contribution in [0.5, 0.6) is 11.6 Å². The molecule has 3 atom stereocenters. The van der Waals surface area contributed by atoms with Crippen LogP contribution in [0.1, 0.15) is 68.9 Å². The van der Waals surface area contributed by atoms with Crippen LogP contribution >= 0.6 is 11.3 Å². The number of β-amino-alcohol motifs (C(OH)–C–C–N with tert-alkyl or cyclic N) is 1. The van der Waals surface area contributed by atoms with E-state index in [2.05, 4.69) is 35.5 Å². The molecule has 5 N–H and O–H groups in total. The van der Waals surface area contributed by atoms with Crippen LogP contribution < -0.4 is 20.7 Å². The normalized spacial score (nSPS) is 18.8. The molecule has 6 heterocycles. The maximum absolute atomic E-state index is 14.0. The molecule has 1 spiro atoms. The van der Waals surface area contributed by atoms with E-state index in [1.54, 1.807) is 29.5 Å². The van der Waals surface area contributed by atoms with E-state index in [1.165, 1.54) is 4.90 Å². The number of aliphatic hydroxyl groups excluding tert-OH is 1. The van der Waals surface area contributed by atoms with Crippen molar-refractivity contribution in [2.24, 2.45) is 5.92 Å². The standard InChI is InChI=1S/C50H65N9O9S/c1-33(2)45(49(63)59-30-37(60)26-41(59)48(62)52-29-35-10-12-36(13-11-35)46-34(3)53-32-69-46)43-28-44(56-68-43)66-25-24-65-23-22-64-20-7-6-16-57-19-21-67-50(31-57)14-17-58(18-15-50)40-27-39(54-55-47(40)51)38-8-4-5-9-42(38)61/h4-5,8-13,27-28,32-33,37,41,45,60-61H,6-7,14-26,29-31H2,1-3H3,(H2,51,55)(H,52,62)/t37-,41?,45+/m1/s1. The Balaban J connectivity index is 0.692. The van der Waals surface area contributed by atoms with Crippen molar-refractivity contribution in [2.75, 3.05) is 89.5 Å². The average molecular weight is 968 g/mol. The third-order valence-corrected chi connectivity index (χ3v) is 14.2. The second-order valence-electron chi connectivity index (χ2n) is 18.5. The lowest BCUT2D eigenvalue weighted by Gasteiger charge is -2.48. The highest BCUT2D eigenvalue weighted by atomic mass is 32.1. The number of aromatic hydroxyl groups is 1. The lowest BCUT2D eigenvalue weighted by molar-refractivity contribution is -0.141. The first kappa shape index (κ1) is 49.7. The molecular weight excluding hydrogens is 903 g/mol. The summed E-state index contributed by atoms with van der Waals surface area (Å²) in [5, 5.41) is 36.4. The molecule has 3 fully saturated rings. The highest BCUT2D eigenvalue weighted by molar-refractivity contribution is 7.13. The summed E-state index contributed by atoms with van der Waals surface area (Å²) in [5.41, 5.74) is 12.9. The average Bonchev–Trinajstić information content (AvgIpc) is 4.11. The summed E-state index contributed by atoms with van der Waals surface area (Å²) >= 11 is 1.59. The lowest BCUT2D eigenvalue weighted by atomic mass is 9.89. The third kappa shape index (κ3) is 12.6.